The van der Waals surface area contributed by atoms with E-state index < -0.39 is 17.8 Å². The molecule has 0 bridgehead atoms. The van der Waals surface area contributed by atoms with Crippen LogP contribution < -0.4 is 10.1 Å². The number of amides is 2. The molecule has 0 aliphatic carbocycles. The van der Waals surface area contributed by atoms with Crippen LogP contribution >= 0.6 is 15.9 Å². The van der Waals surface area contributed by atoms with E-state index in [4.69, 9.17) is 4.74 Å². The zero-order chi connectivity index (χ0) is 24.5. The van der Waals surface area contributed by atoms with E-state index in [0.29, 0.717) is 11.3 Å². The summed E-state index contributed by atoms with van der Waals surface area (Å²) >= 11 is 3.48. The smallest absolute Gasteiger partial charge is 0.261 e. The lowest BCUT2D eigenvalue weighted by Crippen LogP contribution is -2.51. The number of ether oxygens (including phenoxy) is 1. The fraction of sp³-hybridized carbons (Fsp3) is 0.259. The van der Waals surface area contributed by atoms with Crippen LogP contribution in [0.1, 0.15) is 23.6 Å². The zero-order valence-electron chi connectivity index (χ0n) is 19.3. The van der Waals surface area contributed by atoms with E-state index in [1.807, 2.05) is 42.5 Å². The van der Waals surface area contributed by atoms with Crippen molar-refractivity contribution in [3.63, 3.8) is 0 Å². The van der Waals surface area contributed by atoms with Gasteiger partial charge in [-0.05, 0) is 51.7 Å². The molecule has 5 nitrogen and oxygen atoms in total. The molecule has 2 amide bonds. The summed E-state index contributed by atoms with van der Waals surface area (Å²) in [4.78, 5) is 27.7. The lowest BCUT2D eigenvalue weighted by atomic mass is 10.0. The van der Waals surface area contributed by atoms with Crippen molar-refractivity contribution in [3.8, 4) is 5.75 Å². The molecule has 7 heteroatoms. The Morgan fingerprint density at radius 3 is 2.38 bits per heavy atom. The van der Waals surface area contributed by atoms with Crippen molar-refractivity contribution in [1.29, 1.82) is 0 Å². The highest BCUT2D eigenvalue weighted by molar-refractivity contribution is 9.10. The minimum Gasteiger partial charge on any atom is -0.483 e. The molecule has 0 saturated heterocycles. The second-order valence-electron chi connectivity index (χ2n) is 7.84. The summed E-state index contributed by atoms with van der Waals surface area (Å²) in [6.45, 7) is 1.70. The van der Waals surface area contributed by atoms with Crippen LogP contribution in [0.4, 0.5) is 4.39 Å². The Morgan fingerprint density at radius 2 is 1.74 bits per heavy atom. The van der Waals surface area contributed by atoms with Crippen LogP contribution in [0.25, 0.3) is 0 Å². The molecular formula is C27H28BrFN2O3. The van der Waals surface area contributed by atoms with Crippen LogP contribution in [0, 0.1) is 5.82 Å². The number of hydrogen-bond acceptors (Lipinski definition) is 3. The average Bonchev–Trinajstić information content (AvgIpc) is 2.86. The van der Waals surface area contributed by atoms with Crippen molar-refractivity contribution in [3.05, 3.63) is 99.8 Å². The van der Waals surface area contributed by atoms with E-state index in [0.717, 1.165) is 22.0 Å². The minimum atomic E-state index is -0.839. The lowest BCUT2D eigenvalue weighted by Gasteiger charge is -2.31. The van der Waals surface area contributed by atoms with Gasteiger partial charge >= 0.3 is 0 Å². The highest BCUT2D eigenvalue weighted by Crippen LogP contribution is 2.26. The second kappa shape index (κ2) is 12.3. The number of nitrogens with one attached hydrogen (secondary N) is 1. The van der Waals surface area contributed by atoms with E-state index in [2.05, 4.69) is 28.2 Å². The van der Waals surface area contributed by atoms with E-state index in [-0.39, 0.29) is 25.5 Å². The average molecular weight is 527 g/mol. The van der Waals surface area contributed by atoms with Gasteiger partial charge in [-0.1, -0.05) is 61.5 Å². The molecule has 0 spiro atoms. The molecule has 3 aromatic carbocycles. The molecule has 0 aliphatic heterocycles. The predicted molar refractivity (Wildman–Crippen MR) is 134 cm³/mol. The molecule has 178 valence electrons. The minimum absolute atomic E-state index is 0.0598. The molecule has 0 fully saturated rings. The molecule has 3 aromatic rings. The van der Waals surface area contributed by atoms with Crippen LogP contribution in [-0.4, -0.2) is 36.4 Å². The molecule has 1 atom stereocenters. The molecule has 0 radical (unpaired) electrons. The first-order chi connectivity index (χ1) is 16.4. The van der Waals surface area contributed by atoms with E-state index in [9.17, 15) is 14.0 Å². The maximum atomic E-state index is 14.5. The quantitative estimate of drug-likeness (QED) is 0.408. The number of halogens is 2. The van der Waals surface area contributed by atoms with Crippen LogP contribution in [-0.2, 0) is 29.0 Å². The third kappa shape index (κ3) is 6.67. The Balaban J connectivity index is 1.88. The summed E-state index contributed by atoms with van der Waals surface area (Å²) in [7, 11) is 1.52. The first-order valence-corrected chi connectivity index (χ1v) is 11.9. The molecule has 0 unspecified atom stereocenters. The number of nitrogens with zero attached hydrogens (tertiary/aromatic N) is 1. The van der Waals surface area contributed by atoms with E-state index in [1.54, 1.807) is 24.3 Å². The van der Waals surface area contributed by atoms with Gasteiger partial charge in [-0.3, -0.25) is 9.59 Å². The van der Waals surface area contributed by atoms with Gasteiger partial charge in [-0.25, -0.2) is 4.39 Å². The van der Waals surface area contributed by atoms with Crippen molar-refractivity contribution in [2.45, 2.75) is 32.4 Å². The van der Waals surface area contributed by atoms with Gasteiger partial charge < -0.3 is 15.0 Å². The Hall–Kier alpha value is -3.19. The number of hydrogen-bond donors (Lipinski definition) is 1. The topological polar surface area (TPSA) is 58.6 Å². The number of carbonyl (C=O) groups is 2. The van der Waals surface area contributed by atoms with Crippen LogP contribution in [0.5, 0.6) is 5.75 Å². The second-order valence-corrected chi connectivity index (χ2v) is 8.69. The third-order valence-corrected chi connectivity index (χ3v) is 6.19. The largest absolute Gasteiger partial charge is 0.483 e. The van der Waals surface area contributed by atoms with Gasteiger partial charge in [0.1, 0.15) is 17.6 Å². The maximum absolute atomic E-state index is 14.5. The number of benzene rings is 3. The molecule has 0 heterocycles. The lowest BCUT2D eigenvalue weighted by molar-refractivity contribution is -0.142. The Kier molecular flexibility index (Phi) is 9.22. The van der Waals surface area contributed by atoms with Gasteiger partial charge in [0.25, 0.3) is 5.91 Å². The summed E-state index contributed by atoms with van der Waals surface area (Å²) in [5.41, 5.74) is 2.35. The Morgan fingerprint density at radius 1 is 1.03 bits per heavy atom. The van der Waals surface area contributed by atoms with Crippen LogP contribution in [0.15, 0.2) is 77.3 Å². The van der Waals surface area contributed by atoms with E-state index in [1.165, 1.54) is 18.0 Å². The van der Waals surface area contributed by atoms with Gasteiger partial charge in [-0.2, -0.15) is 0 Å². The molecule has 0 saturated carbocycles. The van der Waals surface area contributed by atoms with Crippen molar-refractivity contribution in [1.82, 2.24) is 10.2 Å². The fourth-order valence-electron chi connectivity index (χ4n) is 3.63. The first-order valence-electron chi connectivity index (χ1n) is 11.1. The molecule has 0 aliphatic rings. The summed E-state index contributed by atoms with van der Waals surface area (Å²) in [6, 6.07) is 20.5. The van der Waals surface area contributed by atoms with Crippen LogP contribution in [0.3, 0.4) is 0 Å². The third-order valence-electron chi connectivity index (χ3n) is 5.57. The summed E-state index contributed by atoms with van der Waals surface area (Å²) < 4.78 is 21.0. The number of rotatable bonds is 10. The summed E-state index contributed by atoms with van der Waals surface area (Å²) in [5, 5.41) is 2.64. The zero-order valence-corrected chi connectivity index (χ0v) is 20.8. The van der Waals surface area contributed by atoms with Crippen molar-refractivity contribution in [2.75, 3.05) is 13.7 Å². The molecular weight excluding hydrogens is 499 g/mol. The van der Waals surface area contributed by atoms with Gasteiger partial charge in [-0.15, -0.1) is 0 Å². The van der Waals surface area contributed by atoms with Gasteiger partial charge in [0, 0.05) is 25.6 Å². The number of carbonyl (C=O) groups excluding carboxylic acids is 2. The molecule has 0 aromatic heterocycles. The first kappa shape index (κ1) is 25.4. The monoisotopic (exact) mass is 526 g/mol. The van der Waals surface area contributed by atoms with E-state index >= 15 is 0 Å². The Bertz CT molecular complexity index is 1120. The van der Waals surface area contributed by atoms with Crippen molar-refractivity contribution >= 4 is 27.7 Å². The highest BCUT2D eigenvalue weighted by atomic mass is 79.9. The predicted octanol–water partition coefficient (Wildman–Crippen LogP) is 4.92. The van der Waals surface area contributed by atoms with Gasteiger partial charge in [0.15, 0.2) is 6.61 Å². The van der Waals surface area contributed by atoms with Gasteiger partial charge in [0.2, 0.25) is 5.91 Å². The number of aryl methyl sites for hydroxylation is 1. The summed E-state index contributed by atoms with van der Waals surface area (Å²) in [6.07, 6.45) is 1.16. The van der Waals surface area contributed by atoms with Crippen LogP contribution in [0.2, 0.25) is 0 Å². The Labute approximate surface area is 208 Å². The molecule has 1 N–H and O–H groups in total. The van der Waals surface area contributed by atoms with Gasteiger partial charge in [0.05, 0.1) is 4.47 Å². The standard InChI is InChI=1S/C27H28BrFN2O3/c1-3-19-13-14-25(22(28)15-19)34-18-26(32)31(17-21-11-7-8-12-23(21)29)24(27(33)30-2)16-20-9-5-4-6-10-20/h4-15,24H,3,16-18H2,1-2H3,(H,30,33)/t24-/m0/s1. The van der Waals surface area contributed by atoms with Crippen molar-refractivity contribution < 1.29 is 18.7 Å². The fourth-order valence-corrected chi connectivity index (χ4v) is 4.18. The molecule has 3 rings (SSSR count). The summed E-state index contributed by atoms with van der Waals surface area (Å²) in [5.74, 6) is -0.660. The SMILES string of the molecule is CCc1ccc(OCC(=O)N(Cc2ccccc2F)[C@@H](Cc2ccccc2)C(=O)NC)c(Br)c1. The number of likely N-dealkylation sites (N-methyl/N-ethyl adjacent to an activating group) is 1. The normalized spacial score (nSPS) is 11.5. The van der Waals surface area contributed by atoms with Crippen molar-refractivity contribution in [2.24, 2.45) is 0 Å². The highest BCUT2D eigenvalue weighted by Gasteiger charge is 2.30. The molecule has 34 heavy (non-hydrogen) atoms. The maximum Gasteiger partial charge on any atom is 0.261 e.